The molecule has 2 aromatic rings. The molecule has 0 saturated heterocycles. The Bertz CT molecular complexity index is 542. The standard InChI is InChI=1S/C16H16N2/c1-17-11-6-12-18-16-10-5-9-15(13-16)14-7-3-2-4-8-14/h2-13,18H,1H3/b12-6-,17-11?. The van der Waals surface area contributed by atoms with E-state index in [2.05, 4.69) is 34.6 Å². The van der Waals surface area contributed by atoms with Gasteiger partial charge in [-0.2, -0.15) is 0 Å². The maximum absolute atomic E-state index is 3.88. The molecule has 0 unspecified atom stereocenters. The van der Waals surface area contributed by atoms with Crippen molar-refractivity contribution >= 4 is 11.9 Å². The van der Waals surface area contributed by atoms with E-state index in [1.54, 1.807) is 13.3 Å². The van der Waals surface area contributed by atoms with Crippen molar-refractivity contribution in [1.29, 1.82) is 0 Å². The molecule has 2 aromatic carbocycles. The Morgan fingerprint density at radius 3 is 2.50 bits per heavy atom. The summed E-state index contributed by atoms with van der Waals surface area (Å²) >= 11 is 0. The van der Waals surface area contributed by atoms with Gasteiger partial charge in [-0.15, -0.1) is 0 Å². The molecular formula is C16H16N2. The summed E-state index contributed by atoms with van der Waals surface area (Å²) in [5.41, 5.74) is 3.50. The Labute approximate surface area is 108 Å². The Balaban J connectivity index is 2.15. The normalized spacial score (nSPS) is 11.2. The first-order valence-corrected chi connectivity index (χ1v) is 5.89. The quantitative estimate of drug-likeness (QED) is 0.798. The Kier molecular flexibility index (Phi) is 4.31. The van der Waals surface area contributed by atoms with E-state index in [1.165, 1.54) is 11.1 Å². The number of anilines is 1. The third-order valence-electron chi connectivity index (χ3n) is 2.55. The van der Waals surface area contributed by atoms with Crippen LogP contribution < -0.4 is 5.32 Å². The van der Waals surface area contributed by atoms with Crippen LogP contribution in [0.4, 0.5) is 5.69 Å². The second-order valence-electron chi connectivity index (χ2n) is 3.86. The molecule has 18 heavy (non-hydrogen) atoms. The number of hydrogen-bond acceptors (Lipinski definition) is 2. The van der Waals surface area contributed by atoms with E-state index in [4.69, 9.17) is 0 Å². The molecule has 2 nitrogen and oxygen atoms in total. The van der Waals surface area contributed by atoms with E-state index in [1.807, 2.05) is 42.6 Å². The Morgan fingerprint density at radius 1 is 0.944 bits per heavy atom. The molecule has 0 fully saturated rings. The van der Waals surface area contributed by atoms with Crippen molar-refractivity contribution in [2.24, 2.45) is 4.99 Å². The van der Waals surface area contributed by atoms with Crippen LogP contribution in [0.3, 0.4) is 0 Å². The van der Waals surface area contributed by atoms with Gasteiger partial charge in [0.2, 0.25) is 0 Å². The number of benzene rings is 2. The summed E-state index contributed by atoms with van der Waals surface area (Å²) in [6, 6.07) is 18.7. The van der Waals surface area contributed by atoms with Gasteiger partial charge in [-0.3, -0.25) is 4.99 Å². The largest absolute Gasteiger partial charge is 0.362 e. The fraction of sp³-hybridized carbons (Fsp3) is 0.0625. The molecule has 90 valence electrons. The fourth-order valence-corrected chi connectivity index (χ4v) is 1.69. The van der Waals surface area contributed by atoms with Crippen molar-refractivity contribution in [3.05, 3.63) is 66.9 Å². The second kappa shape index (κ2) is 6.40. The van der Waals surface area contributed by atoms with Gasteiger partial charge >= 0.3 is 0 Å². The van der Waals surface area contributed by atoms with Gasteiger partial charge in [0.25, 0.3) is 0 Å². The molecular weight excluding hydrogens is 220 g/mol. The second-order valence-corrected chi connectivity index (χ2v) is 3.86. The molecule has 0 aliphatic heterocycles. The van der Waals surface area contributed by atoms with Crippen LogP contribution in [0, 0.1) is 0 Å². The third kappa shape index (κ3) is 3.32. The fourth-order valence-electron chi connectivity index (χ4n) is 1.69. The topological polar surface area (TPSA) is 24.4 Å². The summed E-state index contributed by atoms with van der Waals surface area (Å²) in [6.07, 6.45) is 5.49. The maximum atomic E-state index is 3.88. The van der Waals surface area contributed by atoms with E-state index in [0.29, 0.717) is 0 Å². The van der Waals surface area contributed by atoms with Gasteiger partial charge in [-0.25, -0.2) is 0 Å². The lowest BCUT2D eigenvalue weighted by Gasteiger charge is -2.05. The highest BCUT2D eigenvalue weighted by atomic mass is 14.8. The maximum Gasteiger partial charge on any atom is 0.0385 e. The molecule has 0 aliphatic rings. The lowest BCUT2D eigenvalue weighted by atomic mass is 10.1. The lowest BCUT2D eigenvalue weighted by Crippen LogP contribution is -1.88. The SMILES string of the molecule is CN=C/C=C\Nc1cccc(-c2ccccc2)c1. The van der Waals surface area contributed by atoms with Crippen LogP contribution in [0.2, 0.25) is 0 Å². The van der Waals surface area contributed by atoms with Gasteiger partial charge in [-0.05, 0) is 29.3 Å². The van der Waals surface area contributed by atoms with Crippen molar-refractivity contribution in [2.45, 2.75) is 0 Å². The molecule has 0 spiro atoms. The Morgan fingerprint density at radius 2 is 1.72 bits per heavy atom. The van der Waals surface area contributed by atoms with Gasteiger partial charge in [0.15, 0.2) is 0 Å². The predicted octanol–water partition coefficient (Wildman–Crippen LogP) is 3.98. The molecule has 2 heteroatoms. The van der Waals surface area contributed by atoms with Gasteiger partial charge in [-0.1, -0.05) is 42.5 Å². The van der Waals surface area contributed by atoms with Crippen molar-refractivity contribution in [3.63, 3.8) is 0 Å². The number of aliphatic imine (C=N–C) groups is 1. The molecule has 0 radical (unpaired) electrons. The summed E-state index contributed by atoms with van der Waals surface area (Å²) < 4.78 is 0. The van der Waals surface area contributed by atoms with Crippen LogP contribution in [-0.2, 0) is 0 Å². The molecule has 0 heterocycles. The summed E-state index contributed by atoms with van der Waals surface area (Å²) in [7, 11) is 1.75. The van der Waals surface area contributed by atoms with E-state index >= 15 is 0 Å². The first kappa shape index (κ1) is 12.1. The zero-order valence-electron chi connectivity index (χ0n) is 10.4. The molecule has 0 aromatic heterocycles. The average Bonchev–Trinajstić information content (AvgIpc) is 2.45. The van der Waals surface area contributed by atoms with Crippen molar-refractivity contribution < 1.29 is 0 Å². The number of nitrogens with zero attached hydrogens (tertiary/aromatic N) is 1. The van der Waals surface area contributed by atoms with E-state index < -0.39 is 0 Å². The molecule has 0 bridgehead atoms. The zero-order chi connectivity index (χ0) is 12.6. The highest BCUT2D eigenvalue weighted by Crippen LogP contribution is 2.22. The molecule has 0 amide bonds. The van der Waals surface area contributed by atoms with E-state index in [9.17, 15) is 0 Å². The minimum Gasteiger partial charge on any atom is -0.362 e. The van der Waals surface area contributed by atoms with Crippen molar-refractivity contribution in [3.8, 4) is 11.1 Å². The minimum absolute atomic E-state index is 1.07. The number of nitrogens with one attached hydrogen (secondary N) is 1. The monoisotopic (exact) mass is 236 g/mol. The first-order valence-electron chi connectivity index (χ1n) is 5.89. The zero-order valence-corrected chi connectivity index (χ0v) is 10.4. The van der Waals surface area contributed by atoms with Gasteiger partial charge < -0.3 is 5.32 Å². The van der Waals surface area contributed by atoms with Crippen LogP contribution in [0.1, 0.15) is 0 Å². The molecule has 0 aliphatic carbocycles. The number of rotatable bonds is 4. The number of allylic oxidation sites excluding steroid dienone is 1. The van der Waals surface area contributed by atoms with Crippen molar-refractivity contribution in [2.75, 3.05) is 12.4 Å². The van der Waals surface area contributed by atoms with E-state index in [-0.39, 0.29) is 0 Å². The smallest absolute Gasteiger partial charge is 0.0385 e. The van der Waals surface area contributed by atoms with Crippen LogP contribution >= 0.6 is 0 Å². The third-order valence-corrected chi connectivity index (χ3v) is 2.55. The van der Waals surface area contributed by atoms with Crippen LogP contribution in [0.5, 0.6) is 0 Å². The predicted molar refractivity (Wildman–Crippen MR) is 79.1 cm³/mol. The van der Waals surface area contributed by atoms with Crippen LogP contribution in [0.15, 0.2) is 71.9 Å². The summed E-state index contributed by atoms with van der Waals surface area (Å²) in [5, 5.41) is 3.22. The minimum atomic E-state index is 1.07. The van der Waals surface area contributed by atoms with E-state index in [0.717, 1.165) is 5.69 Å². The summed E-state index contributed by atoms with van der Waals surface area (Å²) in [4.78, 5) is 3.88. The van der Waals surface area contributed by atoms with Gasteiger partial charge in [0, 0.05) is 25.1 Å². The van der Waals surface area contributed by atoms with Crippen LogP contribution in [-0.4, -0.2) is 13.3 Å². The molecule has 1 N–H and O–H groups in total. The summed E-state index contributed by atoms with van der Waals surface area (Å²) in [6.45, 7) is 0. The van der Waals surface area contributed by atoms with Crippen LogP contribution in [0.25, 0.3) is 11.1 Å². The lowest BCUT2D eigenvalue weighted by molar-refractivity contribution is 1.47. The highest BCUT2D eigenvalue weighted by molar-refractivity contribution is 5.72. The highest BCUT2D eigenvalue weighted by Gasteiger charge is 1.96. The molecule has 0 atom stereocenters. The average molecular weight is 236 g/mol. The molecule has 2 rings (SSSR count). The Hall–Kier alpha value is -2.35. The molecule has 0 saturated carbocycles. The number of hydrogen-bond donors (Lipinski definition) is 1. The first-order chi connectivity index (χ1) is 8.90. The van der Waals surface area contributed by atoms with Gasteiger partial charge in [0.1, 0.15) is 0 Å². The van der Waals surface area contributed by atoms with Crippen molar-refractivity contribution in [1.82, 2.24) is 0 Å². The van der Waals surface area contributed by atoms with Gasteiger partial charge in [0.05, 0.1) is 0 Å². The summed E-state index contributed by atoms with van der Waals surface area (Å²) in [5.74, 6) is 0.